The topological polar surface area (TPSA) is 138 Å². The van der Waals surface area contributed by atoms with Crippen LogP contribution in [0.1, 0.15) is 12.8 Å². The van der Waals surface area contributed by atoms with Gasteiger partial charge in [0.25, 0.3) is 0 Å². The number of hydrogen-bond donors (Lipinski definition) is 3. The molecule has 38 heavy (non-hydrogen) atoms. The molecule has 1 aliphatic heterocycles. The van der Waals surface area contributed by atoms with E-state index in [1.807, 2.05) is 36.4 Å². The van der Waals surface area contributed by atoms with E-state index in [1.165, 1.54) is 6.08 Å². The molecule has 2 heterocycles. The monoisotopic (exact) mass is 517 g/mol. The number of fused-ring (bicyclic) bond motifs is 1. The summed E-state index contributed by atoms with van der Waals surface area (Å²) < 4.78 is 11.7. The fourth-order valence-electron chi connectivity index (χ4n) is 5.00. The van der Waals surface area contributed by atoms with Crippen molar-refractivity contribution in [3.05, 3.63) is 67.3 Å². The van der Waals surface area contributed by atoms with E-state index in [0.29, 0.717) is 28.1 Å². The maximum Gasteiger partial charge on any atom is 0.408 e. The summed E-state index contributed by atoms with van der Waals surface area (Å²) in [6, 6.07) is 15.6. The molecule has 0 radical (unpaired) electrons. The van der Waals surface area contributed by atoms with Crippen molar-refractivity contribution >= 4 is 28.9 Å². The molecular weight excluding hydrogens is 490 g/mol. The Balaban J connectivity index is 1.44. The van der Waals surface area contributed by atoms with Crippen molar-refractivity contribution in [2.75, 3.05) is 13.7 Å². The van der Waals surface area contributed by atoms with Crippen LogP contribution in [0.15, 0.2) is 67.3 Å². The number of ether oxygens (including phenoxy) is 2. The van der Waals surface area contributed by atoms with Gasteiger partial charge in [-0.15, -0.1) is 6.58 Å². The van der Waals surface area contributed by atoms with Crippen LogP contribution in [0.3, 0.4) is 0 Å². The van der Waals surface area contributed by atoms with Crippen LogP contribution in [0.4, 0.5) is 4.79 Å². The first-order chi connectivity index (χ1) is 18.3. The van der Waals surface area contributed by atoms with Gasteiger partial charge in [-0.1, -0.05) is 36.4 Å². The van der Waals surface area contributed by atoms with E-state index >= 15 is 0 Å². The number of benzene rings is 2. The summed E-state index contributed by atoms with van der Waals surface area (Å²) in [5.74, 6) is -1.13. The summed E-state index contributed by atoms with van der Waals surface area (Å²) in [5, 5.41) is 22.7. The van der Waals surface area contributed by atoms with Crippen molar-refractivity contribution in [1.82, 2.24) is 15.2 Å². The van der Waals surface area contributed by atoms with E-state index in [0.717, 1.165) is 10.5 Å². The number of nitrogens with zero attached hydrogens (tertiary/aromatic N) is 2. The van der Waals surface area contributed by atoms with Crippen molar-refractivity contribution < 1.29 is 34.1 Å². The lowest BCUT2D eigenvalue weighted by atomic mass is 10.1. The summed E-state index contributed by atoms with van der Waals surface area (Å²) in [7, 11) is 1.57. The van der Waals surface area contributed by atoms with Crippen molar-refractivity contribution in [3.8, 4) is 22.8 Å². The number of rotatable bonds is 8. The number of pyridine rings is 1. The molecule has 3 N–H and O–H groups in total. The van der Waals surface area contributed by atoms with E-state index in [-0.39, 0.29) is 19.4 Å². The second-order valence-corrected chi connectivity index (χ2v) is 9.49. The van der Waals surface area contributed by atoms with Gasteiger partial charge >= 0.3 is 12.1 Å². The number of methoxy groups -OCH3 is 1. The maximum atomic E-state index is 13.1. The van der Waals surface area contributed by atoms with Crippen LogP contribution < -0.4 is 14.8 Å². The number of likely N-dealkylation sites (tertiary alicyclic amines) is 1. The highest BCUT2D eigenvalue weighted by atomic mass is 16.5. The lowest BCUT2D eigenvalue weighted by Crippen LogP contribution is -2.52. The molecule has 10 heteroatoms. The Hall–Kier alpha value is -4.60. The van der Waals surface area contributed by atoms with Gasteiger partial charge in [0.1, 0.15) is 29.2 Å². The molecule has 1 saturated carbocycles. The second-order valence-electron chi connectivity index (χ2n) is 9.49. The van der Waals surface area contributed by atoms with Crippen LogP contribution >= 0.6 is 0 Å². The Morgan fingerprint density at radius 3 is 2.55 bits per heavy atom. The quantitative estimate of drug-likeness (QED) is 0.386. The first-order valence-corrected chi connectivity index (χ1v) is 12.1. The lowest BCUT2D eigenvalue weighted by Gasteiger charge is -2.22. The number of aromatic nitrogens is 1. The van der Waals surface area contributed by atoms with Gasteiger partial charge in [0.2, 0.25) is 5.91 Å². The molecule has 196 valence electrons. The predicted molar refractivity (Wildman–Crippen MR) is 138 cm³/mol. The molecule has 1 saturated heterocycles. The van der Waals surface area contributed by atoms with E-state index < -0.39 is 41.6 Å². The average Bonchev–Trinajstić information content (AvgIpc) is 3.47. The third-order valence-corrected chi connectivity index (χ3v) is 7.18. The highest BCUT2D eigenvalue weighted by Crippen LogP contribution is 2.45. The largest absolute Gasteiger partial charge is 0.497 e. The van der Waals surface area contributed by atoms with Crippen molar-refractivity contribution in [3.63, 3.8) is 0 Å². The molecule has 1 aromatic heterocycles. The number of aliphatic carboxylic acids is 1. The Morgan fingerprint density at radius 1 is 1.16 bits per heavy atom. The third kappa shape index (κ3) is 4.49. The van der Waals surface area contributed by atoms with Gasteiger partial charge in [0.05, 0.1) is 24.9 Å². The highest BCUT2D eigenvalue weighted by Gasteiger charge is 2.61. The number of nitrogens with one attached hydrogen (secondary N) is 1. The number of hydrogen-bond acceptors (Lipinski definition) is 6. The molecule has 4 atom stereocenters. The molecule has 1 aliphatic carbocycles. The molecule has 0 unspecified atom stereocenters. The predicted octanol–water partition coefficient (Wildman–Crippen LogP) is 3.56. The second kappa shape index (κ2) is 9.70. The SMILES string of the molecule is C=C[C@@H]1C[C@]1(NC(=O)[C@@H]1C[C@@H](Oc2cc(-c3ccccc3)nc3cc(OC)ccc23)CN1C(=O)O)C(=O)O. The fourth-order valence-corrected chi connectivity index (χ4v) is 5.00. The Kier molecular flexibility index (Phi) is 6.40. The minimum absolute atomic E-state index is 0.0565. The zero-order valence-corrected chi connectivity index (χ0v) is 20.7. The first kappa shape index (κ1) is 25.1. The summed E-state index contributed by atoms with van der Waals surface area (Å²) >= 11 is 0. The summed E-state index contributed by atoms with van der Waals surface area (Å²) in [5.41, 5.74) is 0.720. The van der Waals surface area contributed by atoms with Gasteiger partial charge in [-0.05, 0) is 18.6 Å². The third-order valence-electron chi connectivity index (χ3n) is 7.18. The summed E-state index contributed by atoms with van der Waals surface area (Å²) in [6.45, 7) is 3.56. The van der Waals surface area contributed by atoms with E-state index in [4.69, 9.17) is 14.5 Å². The number of carbonyl (C=O) groups excluding carboxylic acids is 1. The zero-order valence-electron chi connectivity index (χ0n) is 20.7. The average molecular weight is 518 g/mol. The maximum absolute atomic E-state index is 13.1. The number of amides is 2. The van der Waals surface area contributed by atoms with Gasteiger partial charge in [-0.3, -0.25) is 9.69 Å². The van der Waals surface area contributed by atoms with Crippen LogP contribution in [0, 0.1) is 5.92 Å². The smallest absolute Gasteiger partial charge is 0.408 e. The molecule has 2 aliphatic rings. The highest BCUT2D eigenvalue weighted by molar-refractivity contribution is 5.94. The standard InChI is InChI=1S/C28H27N3O7/c1-3-17-14-28(17,26(33)34)30-25(32)23-12-19(15-31(23)27(35)36)38-24-13-21(16-7-5-4-6-8-16)29-22-11-18(37-2)9-10-20(22)24/h3-11,13,17,19,23H,1,12,14-15H2,2H3,(H,30,32)(H,33,34)(H,35,36)/t17-,19-,23+,28-/m1/s1. The molecular formula is C28H27N3O7. The van der Waals surface area contributed by atoms with Crippen molar-refractivity contribution in [2.45, 2.75) is 30.5 Å². The fraction of sp³-hybridized carbons (Fsp3) is 0.286. The van der Waals surface area contributed by atoms with E-state index in [9.17, 15) is 24.6 Å². The molecule has 10 nitrogen and oxygen atoms in total. The van der Waals surface area contributed by atoms with Crippen LogP contribution in [0.25, 0.3) is 22.2 Å². The Bertz CT molecular complexity index is 1430. The Labute approximate surface area is 218 Å². The molecule has 0 bridgehead atoms. The number of carbonyl (C=O) groups is 3. The number of carboxylic acids is 1. The van der Waals surface area contributed by atoms with Crippen molar-refractivity contribution in [2.24, 2.45) is 5.92 Å². The summed E-state index contributed by atoms with van der Waals surface area (Å²) in [6.07, 6.45) is -0.170. The van der Waals surface area contributed by atoms with Crippen LogP contribution in [0.2, 0.25) is 0 Å². The lowest BCUT2D eigenvalue weighted by molar-refractivity contribution is -0.144. The molecule has 3 aromatic rings. The van der Waals surface area contributed by atoms with E-state index in [1.54, 1.807) is 25.3 Å². The first-order valence-electron chi connectivity index (χ1n) is 12.1. The van der Waals surface area contributed by atoms with Gasteiger partial charge in [0, 0.05) is 35.4 Å². The molecule has 0 spiro atoms. The molecule has 2 amide bonds. The molecule has 2 aromatic carbocycles. The Morgan fingerprint density at radius 2 is 1.92 bits per heavy atom. The minimum atomic E-state index is -1.45. The van der Waals surface area contributed by atoms with Crippen LogP contribution in [0.5, 0.6) is 11.5 Å². The molecule has 5 rings (SSSR count). The summed E-state index contributed by atoms with van der Waals surface area (Å²) in [4.78, 5) is 42.7. The van der Waals surface area contributed by atoms with Gasteiger partial charge in [-0.25, -0.2) is 14.6 Å². The minimum Gasteiger partial charge on any atom is -0.497 e. The van der Waals surface area contributed by atoms with Crippen molar-refractivity contribution in [1.29, 1.82) is 0 Å². The van der Waals surface area contributed by atoms with Gasteiger partial charge < -0.3 is 25.0 Å². The normalized spacial score (nSPS) is 24.0. The zero-order chi connectivity index (χ0) is 27.0. The van der Waals surface area contributed by atoms with Crippen LogP contribution in [-0.2, 0) is 9.59 Å². The van der Waals surface area contributed by atoms with E-state index in [2.05, 4.69) is 11.9 Å². The van der Waals surface area contributed by atoms with Crippen LogP contribution in [-0.4, -0.2) is 69.4 Å². The number of carboxylic acid groups (broad SMARTS) is 2. The van der Waals surface area contributed by atoms with Gasteiger partial charge in [0.15, 0.2) is 0 Å². The van der Waals surface area contributed by atoms with Gasteiger partial charge in [-0.2, -0.15) is 0 Å². The molecule has 2 fully saturated rings.